The minimum absolute atomic E-state index is 0.597. The van der Waals surface area contributed by atoms with Crippen LogP contribution in [-0.2, 0) is 4.74 Å². The highest BCUT2D eigenvalue weighted by Gasteiger charge is 2.12. The Balaban J connectivity index is 0.000000226. The molecule has 1 rings (SSSR count). The molecule has 13 heavy (non-hydrogen) atoms. The van der Waals surface area contributed by atoms with Gasteiger partial charge in [-0.1, -0.05) is 52.4 Å². The maximum atomic E-state index is 5.11. The van der Waals surface area contributed by atoms with Gasteiger partial charge < -0.3 is 4.74 Å². The standard InChI is InChI=1S/C6H12O.C6H14/c1-7-6-4-2-3-5-6;1-3-5-6-4-2/h6H,2-5H2,1H3;3-6H2,1-2H3. The average molecular weight is 186 g/mol. The summed E-state index contributed by atoms with van der Waals surface area (Å²) in [4.78, 5) is 0. The van der Waals surface area contributed by atoms with Gasteiger partial charge >= 0.3 is 0 Å². The van der Waals surface area contributed by atoms with Crippen LogP contribution in [0.5, 0.6) is 0 Å². The van der Waals surface area contributed by atoms with Crippen molar-refractivity contribution in [2.75, 3.05) is 7.11 Å². The number of rotatable bonds is 4. The van der Waals surface area contributed by atoms with Crippen LogP contribution in [0, 0.1) is 0 Å². The third-order valence-electron chi connectivity index (χ3n) is 2.59. The Morgan fingerprint density at radius 1 is 1.00 bits per heavy atom. The molecule has 0 unspecified atom stereocenters. The Morgan fingerprint density at radius 3 is 1.69 bits per heavy atom. The molecule has 0 N–H and O–H groups in total. The smallest absolute Gasteiger partial charge is 0.0571 e. The predicted molar refractivity (Wildman–Crippen MR) is 59.1 cm³/mol. The van der Waals surface area contributed by atoms with E-state index < -0.39 is 0 Å². The fourth-order valence-electron chi connectivity index (χ4n) is 1.62. The van der Waals surface area contributed by atoms with Gasteiger partial charge in [-0.05, 0) is 12.8 Å². The van der Waals surface area contributed by atoms with Crippen molar-refractivity contribution in [1.82, 2.24) is 0 Å². The van der Waals surface area contributed by atoms with Gasteiger partial charge in [-0.2, -0.15) is 0 Å². The first-order valence-corrected chi connectivity index (χ1v) is 5.87. The molecule has 0 heterocycles. The molecule has 0 aromatic rings. The number of hydrogen-bond acceptors (Lipinski definition) is 1. The molecule has 1 aliphatic rings. The van der Waals surface area contributed by atoms with Crippen LogP contribution in [-0.4, -0.2) is 13.2 Å². The van der Waals surface area contributed by atoms with Crippen LogP contribution >= 0.6 is 0 Å². The molecular formula is C12H26O. The summed E-state index contributed by atoms with van der Waals surface area (Å²) in [6.45, 7) is 4.46. The van der Waals surface area contributed by atoms with E-state index in [9.17, 15) is 0 Å². The average Bonchev–Trinajstić information content (AvgIpc) is 2.68. The van der Waals surface area contributed by atoms with Crippen LogP contribution in [0.2, 0.25) is 0 Å². The Morgan fingerprint density at radius 2 is 1.46 bits per heavy atom. The van der Waals surface area contributed by atoms with E-state index in [0.29, 0.717) is 6.10 Å². The lowest BCUT2D eigenvalue weighted by Gasteiger charge is -2.02. The lowest BCUT2D eigenvalue weighted by atomic mass is 10.2. The Bertz CT molecular complexity index is 81.1. The zero-order valence-corrected chi connectivity index (χ0v) is 9.64. The van der Waals surface area contributed by atoms with E-state index in [1.165, 1.54) is 51.4 Å². The largest absolute Gasteiger partial charge is 0.381 e. The minimum atomic E-state index is 0.597. The lowest BCUT2D eigenvalue weighted by molar-refractivity contribution is 0.109. The zero-order chi connectivity index (χ0) is 9.94. The monoisotopic (exact) mass is 186 g/mol. The Kier molecular flexibility index (Phi) is 10.0. The first-order valence-electron chi connectivity index (χ1n) is 5.87. The summed E-state index contributed by atoms with van der Waals surface area (Å²) < 4.78 is 5.11. The summed E-state index contributed by atoms with van der Waals surface area (Å²) in [5.41, 5.74) is 0. The van der Waals surface area contributed by atoms with Crippen molar-refractivity contribution in [3.05, 3.63) is 0 Å². The van der Waals surface area contributed by atoms with Crippen molar-refractivity contribution < 1.29 is 4.74 Å². The van der Waals surface area contributed by atoms with Crippen LogP contribution in [0.25, 0.3) is 0 Å². The first-order chi connectivity index (χ1) is 6.35. The highest BCUT2D eigenvalue weighted by Crippen LogP contribution is 2.19. The number of unbranched alkanes of at least 4 members (excludes halogenated alkanes) is 3. The topological polar surface area (TPSA) is 9.23 Å². The van der Waals surface area contributed by atoms with E-state index in [1.807, 2.05) is 0 Å². The van der Waals surface area contributed by atoms with Crippen molar-refractivity contribution in [1.29, 1.82) is 0 Å². The fourth-order valence-corrected chi connectivity index (χ4v) is 1.62. The summed E-state index contributed by atoms with van der Waals surface area (Å²) in [6.07, 6.45) is 11.5. The van der Waals surface area contributed by atoms with Crippen LogP contribution in [0.4, 0.5) is 0 Å². The van der Waals surface area contributed by atoms with Crippen molar-refractivity contribution in [2.24, 2.45) is 0 Å². The van der Waals surface area contributed by atoms with Gasteiger partial charge in [-0.25, -0.2) is 0 Å². The van der Waals surface area contributed by atoms with E-state index in [1.54, 1.807) is 7.11 Å². The van der Waals surface area contributed by atoms with Crippen molar-refractivity contribution in [3.8, 4) is 0 Å². The summed E-state index contributed by atoms with van der Waals surface area (Å²) in [6, 6.07) is 0. The molecule has 80 valence electrons. The highest BCUT2D eigenvalue weighted by atomic mass is 16.5. The maximum absolute atomic E-state index is 5.11. The normalized spacial score (nSPS) is 16.8. The van der Waals surface area contributed by atoms with Gasteiger partial charge in [0.2, 0.25) is 0 Å². The van der Waals surface area contributed by atoms with Crippen LogP contribution < -0.4 is 0 Å². The highest BCUT2D eigenvalue weighted by molar-refractivity contribution is 4.65. The number of methoxy groups -OCH3 is 1. The number of hydrogen-bond donors (Lipinski definition) is 0. The third kappa shape index (κ3) is 8.29. The molecule has 0 aliphatic heterocycles. The Hall–Kier alpha value is -0.0400. The fraction of sp³-hybridized carbons (Fsp3) is 1.00. The van der Waals surface area contributed by atoms with Gasteiger partial charge in [-0.3, -0.25) is 0 Å². The van der Waals surface area contributed by atoms with E-state index in [0.717, 1.165) is 0 Å². The van der Waals surface area contributed by atoms with Gasteiger partial charge in [0.05, 0.1) is 6.10 Å². The molecule has 0 spiro atoms. The molecular weight excluding hydrogens is 160 g/mol. The first kappa shape index (κ1) is 13.0. The van der Waals surface area contributed by atoms with E-state index >= 15 is 0 Å². The molecule has 0 radical (unpaired) electrons. The molecule has 1 fully saturated rings. The van der Waals surface area contributed by atoms with Crippen molar-refractivity contribution >= 4 is 0 Å². The molecule has 0 atom stereocenters. The maximum Gasteiger partial charge on any atom is 0.0571 e. The van der Waals surface area contributed by atoms with Gasteiger partial charge in [0.1, 0.15) is 0 Å². The van der Waals surface area contributed by atoms with Crippen LogP contribution in [0.15, 0.2) is 0 Å². The summed E-state index contributed by atoms with van der Waals surface area (Å²) in [5.74, 6) is 0. The molecule has 1 aliphatic carbocycles. The van der Waals surface area contributed by atoms with E-state index in [-0.39, 0.29) is 0 Å². The lowest BCUT2D eigenvalue weighted by Crippen LogP contribution is -2.01. The minimum Gasteiger partial charge on any atom is -0.381 e. The van der Waals surface area contributed by atoms with Crippen molar-refractivity contribution in [3.63, 3.8) is 0 Å². The summed E-state index contributed by atoms with van der Waals surface area (Å²) in [5, 5.41) is 0. The quantitative estimate of drug-likeness (QED) is 0.599. The second-order valence-corrected chi connectivity index (χ2v) is 3.85. The zero-order valence-electron chi connectivity index (χ0n) is 9.64. The van der Waals surface area contributed by atoms with E-state index in [2.05, 4.69) is 13.8 Å². The van der Waals surface area contributed by atoms with Gasteiger partial charge in [0, 0.05) is 7.11 Å². The molecule has 0 bridgehead atoms. The predicted octanol–water partition coefficient (Wildman–Crippen LogP) is 4.16. The molecule has 0 saturated heterocycles. The Labute approximate surface area is 83.9 Å². The van der Waals surface area contributed by atoms with Crippen molar-refractivity contribution in [2.45, 2.75) is 71.3 Å². The molecule has 1 nitrogen and oxygen atoms in total. The molecule has 1 heteroatoms. The van der Waals surface area contributed by atoms with Gasteiger partial charge in [0.25, 0.3) is 0 Å². The second kappa shape index (κ2) is 10.0. The SMILES string of the molecule is CCCCCC.COC1CCCC1. The third-order valence-corrected chi connectivity index (χ3v) is 2.59. The van der Waals surface area contributed by atoms with Gasteiger partial charge in [0.15, 0.2) is 0 Å². The van der Waals surface area contributed by atoms with Gasteiger partial charge in [-0.15, -0.1) is 0 Å². The molecule has 0 aromatic carbocycles. The summed E-state index contributed by atoms with van der Waals surface area (Å²) >= 11 is 0. The molecule has 1 saturated carbocycles. The van der Waals surface area contributed by atoms with Crippen LogP contribution in [0.3, 0.4) is 0 Å². The second-order valence-electron chi connectivity index (χ2n) is 3.85. The molecule has 0 amide bonds. The number of ether oxygens (including phenoxy) is 1. The van der Waals surface area contributed by atoms with Crippen LogP contribution in [0.1, 0.15) is 65.2 Å². The summed E-state index contributed by atoms with van der Waals surface area (Å²) in [7, 11) is 1.80. The molecule has 0 aromatic heterocycles. The van der Waals surface area contributed by atoms with E-state index in [4.69, 9.17) is 4.74 Å².